The van der Waals surface area contributed by atoms with Gasteiger partial charge in [0.05, 0.1) is 31.3 Å². The van der Waals surface area contributed by atoms with E-state index in [0.29, 0.717) is 6.42 Å². The average molecular weight is 422 g/mol. The first-order chi connectivity index (χ1) is 12.1. The third kappa shape index (κ3) is 15.5. The summed E-state index contributed by atoms with van der Waals surface area (Å²) in [7, 11) is -5.22. The molecular formula is C15H36O9P2. The number of aliphatic hydroxyl groups is 4. The Balaban J connectivity index is 0. The monoisotopic (exact) mass is 422 g/mol. The molecule has 0 spiro atoms. The summed E-state index contributed by atoms with van der Waals surface area (Å²) in [4.78, 5) is 31.3. The van der Waals surface area contributed by atoms with E-state index in [-0.39, 0.29) is 0 Å². The lowest BCUT2D eigenvalue weighted by molar-refractivity contribution is -0.0863. The van der Waals surface area contributed by atoms with E-state index in [0.717, 1.165) is 25.2 Å². The molecule has 0 saturated carbocycles. The molecule has 0 aromatic heterocycles. The van der Waals surface area contributed by atoms with Crippen molar-refractivity contribution in [3.05, 3.63) is 0 Å². The molecule has 0 aliphatic heterocycles. The van der Waals surface area contributed by atoms with Gasteiger partial charge in [-0.3, -0.25) is 0 Å². The van der Waals surface area contributed by atoms with E-state index < -0.39 is 48.5 Å². The van der Waals surface area contributed by atoms with Crippen molar-refractivity contribution >= 4 is 17.2 Å². The Kier molecular flexibility index (Phi) is 19.4. The van der Waals surface area contributed by atoms with Gasteiger partial charge in [-0.05, 0) is 12.3 Å². The maximum Gasteiger partial charge on any atom is 0.334 e. The van der Waals surface area contributed by atoms with Gasteiger partial charge in [0, 0.05) is 0 Å². The van der Waals surface area contributed by atoms with Gasteiger partial charge in [0.15, 0.2) is 0 Å². The van der Waals surface area contributed by atoms with Gasteiger partial charge in [0.1, 0.15) is 0 Å². The van der Waals surface area contributed by atoms with Gasteiger partial charge in [0.2, 0.25) is 0 Å². The van der Waals surface area contributed by atoms with Gasteiger partial charge < -0.3 is 40.0 Å². The second-order valence-corrected chi connectivity index (χ2v) is 8.34. The van der Waals surface area contributed by atoms with Gasteiger partial charge in [0.25, 0.3) is 0 Å². The van der Waals surface area contributed by atoms with Crippen LogP contribution < -0.4 is 0 Å². The van der Waals surface area contributed by atoms with Crippen LogP contribution >= 0.6 is 17.2 Å². The molecule has 9 nitrogen and oxygen atoms in total. The topological polar surface area (TPSA) is 171 Å². The van der Waals surface area contributed by atoms with Crippen molar-refractivity contribution in [1.29, 1.82) is 0 Å². The van der Waals surface area contributed by atoms with Crippen LogP contribution in [0.25, 0.3) is 0 Å². The highest BCUT2D eigenvalue weighted by atomic mass is 31.2. The fourth-order valence-electron chi connectivity index (χ4n) is 2.26. The highest BCUT2D eigenvalue weighted by Gasteiger charge is 2.35. The molecule has 0 radical (unpaired) electrons. The second kappa shape index (κ2) is 17.6. The summed E-state index contributed by atoms with van der Waals surface area (Å²) < 4.78 is 3.60. The molecule has 1 unspecified atom stereocenters. The molecule has 8 N–H and O–H groups in total. The van der Waals surface area contributed by atoms with Crippen LogP contribution in [0, 0.1) is 11.3 Å². The second-order valence-electron chi connectivity index (χ2n) is 6.68. The third-order valence-corrected chi connectivity index (χ3v) is 5.23. The van der Waals surface area contributed by atoms with Crippen LogP contribution in [-0.2, 0) is 4.31 Å². The number of hydrogen-bond acceptors (Lipinski definition) is 9. The Hall–Kier alpha value is 0.500. The Morgan fingerprint density at radius 1 is 0.731 bits per heavy atom. The van der Waals surface area contributed by atoms with Crippen LogP contribution in [0.5, 0.6) is 0 Å². The Labute approximate surface area is 158 Å². The molecule has 11 heteroatoms. The molecule has 26 heavy (non-hydrogen) atoms. The van der Waals surface area contributed by atoms with E-state index >= 15 is 0 Å². The molecule has 0 saturated heterocycles. The summed E-state index contributed by atoms with van der Waals surface area (Å²) in [6.07, 6.45) is 6.50. The SMILES string of the molecule is CC(C)CCCCCCCC(O)C(CO)(CO)CO.OP(O)OP(O)O. The summed E-state index contributed by atoms with van der Waals surface area (Å²) in [6, 6.07) is 0. The molecule has 0 aromatic carbocycles. The molecule has 0 aliphatic rings. The van der Waals surface area contributed by atoms with Crippen molar-refractivity contribution in [3.8, 4) is 0 Å². The van der Waals surface area contributed by atoms with Crippen molar-refractivity contribution in [2.75, 3.05) is 19.8 Å². The number of hydrogen-bond donors (Lipinski definition) is 8. The molecule has 0 amide bonds. The zero-order valence-electron chi connectivity index (χ0n) is 15.6. The van der Waals surface area contributed by atoms with Crippen LogP contribution in [0.2, 0.25) is 0 Å². The van der Waals surface area contributed by atoms with Crippen LogP contribution in [0.15, 0.2) is 0 Å². The van der Waals surface area contributed by atoms with Gasteiger partial charge in [-0.1, -0.05) is 52.4 Å². The van der Waals surface area contributed by atoms with E-state index in [1.807, 2.05) is 0 Å². The largest absolute Gasteiger partial charge is 0.396 e. The first-order valence-corrected chi connectivity index (χ1v) is 11.0. The minimum atomic E-state index is -2.61. The molecule has 160 valence electrons. The van der Waals surface area contributed by atoms with Gasteiger partial charge in [-0.25, -0.2) is 4.31 Å². The lowest BCUT2D eigenvalue weighted by Gasteiger charge is -2.32. The van der Waals surface area contributed by atoms with Crippen LogP contribution in [0.3, 0.4) is 0 Å². The van der Waals surface area contributed by atoms with Crippen LogP contribution in [0.4, 0.5) is 0 Å². The zero-order chi connectivity index (χ0) is 20.6. The summed E-state index contributed by atoms with van der Waals surface area (Å²) in [6.45, 7) is 3.28. The predicted octanol–water partition coefficient (Wildman–Crippen LogP) is 1.12. The number of aliphatic hydroxyl groups excluding tert-OH is 4. The molecule has 0 fully saturated rings. The Bertz CT molecular complexity index is 289. The fraction of sp³-hybridized carbons (Fsp3) is 1.00. The summed E-state index contributed by atoms with van der Waals surface area (Å²) in [5.41, 5.74) is -1.16. The lowest BCUT2D eigenvalue weighted by atomic mass is 9.82. The van der Waals surface area contributed by atoms with E-state index in [1.54, 1.807) is 0 Å². The highest BCUT2D eigenvalue weighted by molar-refractivity contribution is 7.53. The van der Waals surface area contributed by atoms with Gasteiger partial charge in [-0.15, -0.1) is 0 Å². The van der Waals surface area contributed by atoms with E-state index in [4.69, 9.17) is 19.6 Å². The predicted molar refractivity (Wildman–Crippen MR) is 101 cm³/mol. The molecular weight excluding hydrogens is 386 g/mol. The zero-order valence-corrected chi connectivity index (χ0v) is 17.4. The number of rotatable bonds is 14. The highest BCUT2D eigenvalue weighted by Crippen LogP contribution is 2.41. The standard InChI is InChI=1S/C15H32O4.H4O5P2/c1-13(2)8-6-4-3-5-7-9-14(19)15(10-16,11-17)12-18;1-6(2)5-7(3)4/h13-14,16-19H,3-12H2,1-2H3;1-4H. The van der Waals surface area contributed by atoms with Gasteiger partial charge in [-0.2, -0.15) is 0 Å². The minimum Gasteiger partial charge on any atom is -0.396 e. The summed E-state index contributed by atoms with van der Waals surface area (Å²) >= 11 is 0. The normalized spacial score (nSPS) is 13.3. The molecule has 0 aromatic rings. The quantitative estimate of drug-likeness (QED) is 0.151. The van der Waals surface area contributed by atoms with Crippen molar-refractivity contribution in [3.63, 3.8) is 0 Å². The molecule has 0 bridgehead atoms. The molecule has 0 rings (SSSR count). The summed E-state index contributed by atoms with van der Waals surface area (Å²) in [5.74, 6) is 0.765. The Morgan fingerprint density at radius 3 is 1.42 bits per heavy atom. The number of unbranched alkanes of at least 4 members (excludes halogenated alkanes) is 4. The summed E-state index contributed by atoms with van der Waals surface area (Å²) in [5, 5.41) is 37.5. The van der Waals surface area contributed by atoms with Crippen molar-refractivity contribution < 1.29 is 44.3 Å². The first-order valence-electron chi connectivity index (χ1n) is 8.69. The fourth-order valence-corrected chi connectivity index (χ4v) is 2.78. The molecule has 0 heterocycles. The Morgan fingerprint density at radius 2 is 1.12 bits per heavy atom. The average Bonchev–Trinajstić information content (AvgIpc) is 2.55. The smallest absolute Gasteiger partial charge is 0.334 e. The van der Waals surface area contributed by atoms with Crippen molar-refractivity contribution in [2.24, 2.45) is 11.3 Å². The maximum absolute atomic E-state index is 9.95. The van der Waals surface area contributed by atoms with E-state index in [1.165, 1.54) is 19.3 Å². The first kappa shape index (κ1) is 28.7. The van der Waals surface area contributed by atoms with Crippen molar-refractivity contribution in [1.82, 2.24) is 0 Å². The lowest BCUT2D eigenvalue weighted by Crippen LogP contribution is -2.45. The van der Waals surface area contributed by atoms with Crippen molar-refractivity contribution in [2.45, 2.75) is 64.9 Å². The molecule has 0 aliphatic carbocycles. The van der Waals surface area contributed by atoms with Gasteiger partial charge >= 0.3 is 17.2 Å². The van der Waals surface area contributed by atoms with Crippen LogP contribution in [-0.4, -0.2) is 65.9 Å². The third-order valence-electron chi connectivity index (χ3n) is 4.06. The maximum atomic E-state index is 9.95. The molecule has 1 atom stereocenters. The minimum absolute atomic E-state index is 0.393. The van der Waals surface area contributed by atoms with E-state index in [9.17, 15) is 20.4 Å². The van der Waals surface area contributed by atoms with E-state index in [2.05, 4.69) is 18.2 Å². The van der Waals surface area contributed by atoms with Crippen LogP contribution in [0.1, 0.15) is 58.8 Å².